The number of aliphatic hydroxyl groups excluding tert-OH is 1. The van der Waals surface area contributed by atoms with Crippen LogP contribution in [0.25, 0.3) is 0 Å². The minimum absolute atomic E-state index is 0.106. The van der Waals surface area contributed by atoms with Crippen molar-refractivity contribution >= 4 is 39.5 Å². The van der Waals surface area contributed by atoms with E-state index in [1.807, 2.05) is 0 Å². The zero-order valence-electron chi connectivity index (χ0n) is 59.7. The lowest BCUT2D eigenvalue weighted by Crippen LogP contribution is -2.30. The maximum atomic E-state index is 13.1. The molecule has 0 aromatic rings. The predicted octanol–water partition coefficient (Wildman–Crippen LogP) is 21.3. The Bertz CT molecular complexity index is 1770. The standard InChI is InChI=1S/C73H142O17P2/c1-6-9-12-15-17-19-21-22-23-24-25-26-29-33-36-40-44-49-54-59-73(78)90-69(63-84-71(76)57-52-47-42-39-35-32-30-27-28-31-34-37-41-46-50-55-66(4)5)65-88-92(81,82)86-61-67(74)60-85-91(79,80)87-64-68(62-83-70(75)56-51-45-14-11-8-3)89-72(77)58-53-48-43-38-20-18-16-13-10-7-2/h66-69,74H,6-65H2,1-5H3,(H,79,80)(H,81,82)/t67-,68+,69+/m0/s1. The van der Waals surface area contributed by atoms with E-state index in [9.17, 15) is 43.2 Å². The third kappa shape index (κ3) is 66.7. The fraction of sp³-hybridized carbons (Fsp3) is 0.945. The summed E-state index contributed by atoms with van der Waals surface area (Å²) in [5, 5.41) is 10.6. The van der Waals surface area contributed by atoms with Gasteiger partial charge in [-0.3, -0.25) is 37.3 Å². The van der Waals surface area contributed by atoms with Crippen molar-refractivity contribution < 1.29 is 80.2 Å². The molecule has 17 nitrogen and oxygen atoms in total. The smallest absolute Gasteiger partial charge is 0.462 e. The molecule has 3 N–H and O–H groups in total. The summed E-state index contributed by atoms with van der Waals surface area (Å²) < 4.78 is 68.1. The van der Waals surface area contributed by atoms with Gasteiger partial charge in [-0.05, 0) is 31.6 Å². The van der Waals surface area contributed by atoms with Crippen LogP contribution in [0.1, 0.15) is 381 Å². The first-order chi connectivity index (χ1) is 44.5. The van der Waals surface area contributed by atoms with Gasteiger partial charge in [-0.1, -0.05) is 330 Å². The number of rotatable bonds is 73. The largest absolute Gasteiger partial charge is 0.472 e. The second-order valence-electron chi connectivity index (χ2n) is 26.8. The summed E-state index contributed by atoms with van der Waals surface area (Å²) in [5.41, 5.74) is 0. The topological polar surface area (TPSA) is 237 Å². The molecule has 0 radical (unpaired) electrons. The average molecular weight is 1350 g/mol. The molecule has 0 aliphatic rings. The molecule has 2 unspecified atom stereocenters. The summed E-state index contributed by atoms with van der Waals surface area (Å²) in [7, 11) is -9.89. The van der Waals surface area contributed by atoms with Crippen LogP contribution in [0.3, 0.4) is 0 Å². The molecule has 5 atom stereocenters. The molecule has 0 fully saturated rings. The summed E-state index contributed by atoms with van der Waals surface area (Å²) in [6.45, 7) is 7.20. The lowest BCUT2D eigenvalue weighted by molar-refractivity contribution is -0.161. The van der Waals surface area contributed by atoms with Crippen LogP contribution in [0.5, 0.6) is 0 Å². The van der Waals surface area contributed by atoms with Gasteiger partial charge in [0.25, 0.3) is 0 Å². The van der Waals surface area contributed by atoms with Crippen molar-refractivity contribution in [2.75, 3.05) is 39.6 Å². The summed E-state index contributed by atoms with van der Waals surface area (Å²) in [5.74, 6) is -1.32. The molecule has 92 heavy (non-hydrogen) atoms. The van der Waals surface area contributed by atoms with Crippen molar-refractivity contribution in [2.24, 2.45) is 5.92 Å². The molecule has 0 amide bonds. The number of aliphatic hydroxyl groups is 1. The molecule has 0 saturated heterocycles. The first kappa shape index (κ1) is 90.1. The van der Waals surface area contributed by atoms with Gasteiger partial charge in [-0.2, -0.15) is 0 Å². The number of carbonyl (C=O) groups excluding carboxylic acids is 4. The van der Waals surface area contributed by atoms with Gasteiger partial charge in [-0.15, -0.1) is 0 Å². The molecule has 0 aliphatic heterocycles. The van der Waals surface area contributed by atoms with E-state index in [1.54, 1.807) is 0 Å². The van der Waals surface area contributed by atoms with E-state index >= 15 is 0 Å². The van der Waals surface area contributed by atoms with Gasteiger partial charge in [0.1, 0.15) is 19.3 Å². The number of hydrogen-bond acceptors (Lipinski definition) is 15. The predicted molar refractivity (Wildman–Crippen MR) is 372 cm³/mol. The Hall–Kier alpha value is -1.94. The Morgan fingerprint density at radius 1 is 0.293 bits per heavy atom. The second kappa shape index (κ2) is 66.3. The van der Waals surface area contributed by atoms with E-state index in [0.29, 0.717) is 25.7 Å². The zero-order chi connectivity index (χ0) is 67.7. The van der Waals surface area contributed by atoms with Gasteiger partial charge >= 0.3 is 39.5 Å². The van der Waals surface area contributed by atoms with Crippen LogP contribution in [0, 0.1) is 5.92 Å². The number of ether oxygens (including phenoxy) is 4. The van der Waals surface area contributed by atoms with Gasteiger partial charge in [-0.25, -0.2) is 9.13 Å². The van der Waals surface area contributed by atoms with Crippen molar-refractivity contribution in [3.63, 3.8) is 0 Å². The number of unbranched alkanes of at least 4 members (excludes halogenated alkanes) is 45. The van der Waals surface area contributed by atoms with Crippen LogP contribution < -0.4 is 0 Å². The van der Waals surface area contributed by atoms with Crippen molar-refractivity contribution in [3.8, 4) is 0 Å². The number of phosphoric acid groups is 2. The maximum Gasteiger partial charge on any atom is 0.472 e. The van der Waals surface area contributed by atoms with E-state index < -0.39 is 97.5 Å². The van der Waals surface area contributed by atoms with Crippen molar-refractivity contribution in [3.05, 3.63) is 0 Å². The molecular formula is C73H142O17P2. The van der Waals surface area contributed by atoms with Crippen LogP contribution in [0.4, 0.5) is 0 Å². The molecule has 0 aromatic carbocycles. The van der Waals surface area contributed by atoms with Gasteiger partial charge in [0, 0.05) is 25.7 Å². The Morgan fingerprint density at radius 2 is 0.500 bits per heavy atom. The number of hydrogen-bond donors (Lipinski definition) is 3. The molecule has 19 heteroatoms. The third-order valence-electron chi connectivity index (χ3n) is 17.0. The number of esters is 4. The Balaban J connectivity index is 5.12. The van der Waals surface area contributed by atoms with Crippen LogP contribution >= 0.6 is 15.6 Å². The van der Waals surface area contributed by atoms with Crippen LogP contribution in [-0.2, 0) is 65.4 Å². The van der Waals surface area contributed by atoms with E-state index in [1.165, 1.54) is 199 Å². The number of carbonyl (C=O) groups is 4. The van der Waals surface area contributed by atoms with Gasteiger partial charge in [0.05, 0.1) is 26.4 Å². The highest BCUT2D eigenvalue weighted by Crippen LogP contribution is 2.45. The third-order valence-corrected chi connectivity index (χ3v) is 18.9. The molecule has 0 spiro atoms. The SMILES string of the molecule is CCCCCCCCCCCCCCCCCCCCCC(=O)O[C@H](COC(=O)CCCCCCCCCCCCCCCCCC(C)C)COP(=O)(O)OC[C@@H](O)COP(=O)(O)OC[C@@H](COC(=O)CCCCCCC)OC(=O)CCCCCCCCCCCC. The quantitative estimate of drug-likeness (QED) is 0.0222. The lowest BCUT2D eigenvalue weighted by atomic mass is 10.0. The lowest BCUT2D eigenvalue weighted by Gasteiger charge is -2.21. The van der Waals surface area contributed by atoms with Crippen LogP contribution in [0.2, 0.25) is 0 Å². The fourth-order valence-corrected chi connectivity index (χ4v) is 12.8. The number of phosphoric ester groups is 2. The highest BCUT2D eigenvalue weighted by Gasteiger charge is 2.30. The Morgan fingerprint density at radius 3 is 0.739 bits per heavy atom. The van der Waals surface area contributed by atoms with Crippen LogP contribution in [0.15, 0.2) is 0 Å². The van der Waals surface area contributed by atoms with Gasteiger partial charge in [0.2, 0.25) is 0 Å². The molecule has 0 saturated carbocycles. The first-order valence-electron chi connectivity index (χ1n) is 38.1. The normalized spacial score (nSPS) is 14.0. The minimum atomic E-state index is -4.95. The maximum absolute atomic E-state index is 13.1. The van der Waals surface area contributed by atoms with Crippen molar-refractivity contribution in [2.45, 2.75) is 400 Å². The molecule has 546 valence electrons. The van der Waals surface area contributed by atoms with E-state index in [-0.39, 0.29) is 25.7 Å². The van der Waals surface area contributed by atoms with Gasteiger partial charge in [0.15, 0.2) is 12.2 Å². The zero-order valence-corrected chi connectivity index (χ0v) is 61.5. The Labute approximate surface area is 562 Å². The molecule has 0 aliphatic carbocycles. The van der Waals surface area contributed by atoms with E-state index in [0.717, 1.165) is 102 Å². The van der Waals surface area contributed by atoms with Crippen molar-refractivity contribution in [1.29, 1.82) is 0 Å². The summed E-state index contributed by atoms with van der Waals surface area (Å²) in [4.78, 5) is 72.3. The minimum Gasteiger partial charge on any atom is -0.462 e. The summed E-state index contributed by atoms with van der Waals surface area (Å²) in [6, 6.07) is 0. The second-order valence-corrected chi connectivity index (χ2v) is 29.7. The van der Waals surface area contributed by atoms with E-state index in [4.69, 9.17) is 37.0 Å². The average Bonchev–Trinajstić information content (AvgIpc) is 3.45. The molecule has 0 rings (SSSR count). The van der Waals surface area contributed by atoms with E-state index in [2.05, 4.69) is 34.6 Å². The molecule has 0 aromatic heterocycles. The first-order valence-corrected chi connectivity index (χ1v) is 41.1. The fourth-order valence-electron chi connectivity index (χ4n) is 11.2. The highest BCUT2D eigenvalue weighted by atomic mass is 31.2. The molecule has 0 bridgehead atoms. The van der Waals surface area contributed by atoms with Crippen LogP contribution in [-0.4, -0.2) is 96.7 Å². The monoisotopic (exact) mass is 1350 g/mol. The highest BCUT2D eigenvalue weighted by molar-refractivity contribution is 7.47. The Kier molecular flexibility index (Phi) is 64.9. The van der Waals surface area contributed by atoms with Gasteiger partial charge < -0.3 is 33.8 Å². The van der Waals surface area contributed by atoms with Crippen molar-refractivity contribution in [1.82, 2.24) is 0 Å². The molecule has 0 heterocycles. The summed E-state index contributed by atoms with van der Waals surface area (Å²) >= 11 is 0. The summed E-state index contributed by atoms with van der Waals surface area (Å²) in [6.07, 6.45) is 54.6. The molecular weight excluding hydrogens is 1210 g/mol.